The first kappa shape index (κ1) is 29.2. The smallest absolute Gasteiger partial charge is 0.338 e. The van der Waals surface area contributed by atoms with E-state index in [0.29, 0.717) is 5.56 Å². The van der Waals surface area contributed by atoms with Gasteiger partial charge >= 0.3 is 11.9 Å². The second kappa shape index (κ2) is 12.5. The van der Waals surface area contributed by atoms with E-state index in [-0.39, 0.29) is 43.1 Å². The molecule has 2 aromatic rings. The molecule has 39 heavy (non-hydrogen) atoms. The van der Waals surface area contributed by atoms with Gasteiger partial charge in [-0.25, -0.2) is 17.9 Å². The Morgan fingerprint density at radius 1 is 0.897 bits per heavy atom. The summed E-state index contributed by atoms with van der Waals surface area (Å²) in [6, 6.07) is 13.8. The average Bonchev–Trinajstić information content (AvgIpc) is 3.24. The second-order valence-electron chi connectivity index (χ2n) is 9.07. The minimum absolute atomic E-state index is 0.0433. The van der Waals surface area contributed by atoms with Crippen LogP contribution in [0.4, 0.5) is 0 Å². The molecule has 0 fully saturated rings. The van der Waals surface area contributed by atoms with Crippen molar-refractivity contribution in [3.05, 3.63) is 77.9 Å². The SMILES string of the molecule is CC(C)(C(=O)NS(=O)(=O)c1cccc(C(=O)OCCCOC(=O)CCN2C(=O)C=CC2=O)c1)c1ccccc1. The number of benzene rings is 2. The molecule has 1 aliphatic heterocycles. The Bertz CT molecular complexity index is 1380. The molecular formula is C27H28N2O9S. The number of hydrogen-bond donors (Lipinski definition) is 1. The zero-order chi connectivity index (χ0) is 28.6. The molecular weight excluding hydrogens is 528 g/mol. The van der Waals surface area contributed by atoms with Gasteiger partial charge in [-0.3, -0.25) is 24.1 Å². The van der Waals surface area contributed by atoms with Crippen LogP contribution >= 0.6 is 0 Å². The molecule has 3 amide bonds. The third-order valence-corrected chi connectivity index (χ3v) is 7.22. The van der Waals surface area contributed by atoms with E-state index >= 15 is 0 Å². The fourth-order valence-corrected chi connectivity index (χ4v) is 4.66. The van der Waals surface area contributed by atoms with Crippen molar-refractivity contribution in [3.8, 4) is 0 Å². The van der Waals surface area contributed by atoms with Crippen molar-refractivity contribution < 1.29 is 41.9 Å². The molecule has 11 nitrogen and oxygen atoms in total. The molecule has 1 aliphatic rings. The summed E-state index contributed by atoms with van der Waals surface area (Å²) in [5, 5.41) is 0. The van der Waals surface area contributed by atoms with Crippen molar-refractivity contribution in [1.82, 2.24) is 9.62 Å². The molecule has 0 bridgehead atoms. The number of sulfonamides is 1. The minimum Gasteiger partial charge on any atom is -0.465 e. The fourth-order valence-electron chi connectivity index (χ4n) is 3.50. The van der Waals surface area contributed by atoms with Crippen LogP contribution in [0.3, 0.4) is 0 Å². The zero-order valence-electron chi connectivity index (χ0n) is 21.4. The van der Waals surface area contributed by atoms with Gasteiger partial charge in [-0.05, 0) is 37.6 Å². The molecule has 12 heteroatoms. The topological polar surface area (TPSA) is 153 Å². The van der Waals surface area contributed by atoms with Crippen molar-refractivity contribution in [2.75, 3.05) is 19.8 Å². The Hall–Kier alpha value is -4.32. The van der Waals surface area contributed by atoms with Gasteiger partial charge in [-0.1, -0.05) is 36.4 Å². The quantitative estimate of drug-likeness (QED) is 0.234. The standard InChI is InChI=1S/C27H28N2O9S/c1-27(2,20-9-4-3-5-10-20)26(34)28-39(35,36)21-11-6-8-19(18-21)25(33)38-17-7-16-37-24(32)14-15-29-22(30)12-13-23(29)31/h3-6,8-13,18H,7,14-17H2,1-2H3,(H,28,34). The fraction of sp³-hybridized carbons (Fsp3) is 0.296. The Morgan fingerprint density at radius 2 is 1.54 bits per heavy atom. The molecule has 0 radical (unpaired) electrons. The molecule has 206 valence electrons. The zero-order valence-corrected chi connectivity index (χ0v) is 22.2. The summed E-state index contributed by atoms with van der Waals surface area (Å²) in [6.07, 6.45) is 2.24. The molecule has 0 spiro atoms. The van der Waals surface area contributed by atoms with Gasteiger partial charge in [-0.2, -0.15) is 0 Å². The molecule has 1 N–H and O–H groups in total. The molecule has 0 saturated carbocycles. The van der Waals surface area contributed by atoms with Crippen LogP contribution in [0.15, 0.2) is 71.6 Å². The van der Waals surface area contributed by atoms with E-state index < -0.39 is 45.1 Å². The van der Waals surface area contributed by atoms with Crippen LogP contribution in [-0.4, -0.2) is 62.7 Å². The van der Waals surface area contributed by atoms with Crippen molar-refractivity contribution >= 4 is 39.7 Å². The van der Waals surface area contributed by atoms with Crippen molar-refractivity contribution in [3.63, 3.8) is 0 Å². The summed E-state index contributed by atoms with van der Waals surface area (Å²) >= 11 is 0. The summed E-state index contributed by atoms with van der Waals surface area (Å²) in [7, 11) is -4.28. The number of carbonyl (C=O) groups excluding carboxylic acids is 5. The van der Waals surface area contributed by atoms with Crippen LogP contribution in [0.1, 0.15) is 42.6 Å². The van der Waals surface area contributed by atoms with E-state index in [1.54, 1.807) is 44.2 Å². The van der Waals surface area contributed by atoms with Crippen molar-refractivity contribution in [2.45, 2.75) is 37.0 Å². The second-order valence-corrected chi connectivity index (χ2v) is 10.8. The van der Waals surface area contributed by atoms with Gasteiger partial charge in [0.2, 0.25) is 5.91 Å². The van der Waals surface area contributed by atoms with Crippen LogP contribution in [0, 0.1) is 0 Å². The van der Waals surface area contributed by atoms with Crippen molar-refractivity contribution in [1.29, 1.82) is 0 Å². The first-order chi connectivity index (χ1) is 18.4. The minimum atomic E-state index is -4.28. The van der Waals surface area contributed by atoms with E-state index in [2.05, 4.69) is 4.72 Å². The summed E-state index contributed by atoms with van der Waals surface area (Å²) < 4.78 is 37.9. The van der Waals surface area contributed by atoms with Gasteiger partial charge in [0.15, 0.2) is 0 Å². The number of nitrogens with zero attached hydrogens (tertiary/aromatic N) is 1. The molecule has 0 saturated heterocycles. The highest BCUT2D eigenvalue weighted by atomic mass is 32.2. The molecule has 0 aliphatic carbocycles. The van der Waals surface area contributed by atoms with E-state index in [0.717, 1.165) is 23.1 Å². The van der Waals surface area contributed by atoms with Gasteiger partial charge < -0.3 is 9.47 Å². The lowest BCUT2D eigenvalue weighted by molar-refractivity contribution is -0.145. The number of esters is 2. The van der Waals surface area contributed by atoms with Crippen LogP contribution in [-0.2, 0) is 44.1 Å². The average molecular weight is 557 g/mol. The van der Waals surface area contributed by atoms with E-state index in [4.69, 9.17) is 9.47 Å². The van der Waals surface area contributed by atoms with E-state index in [9.17, 15) is 32.4 Å². The van der Waals surface area contributed by atoms with E-state index in [1.807, 2.05) is 0 Å². The maximum atomic E-state index is 12.9. The molecule has 2 aromatic carbocycles. The van der Waals surface area contributed by atoms with Crippen LogP contribution in [0.5, 0.6) is 0 Å². The Kier molecular flexibility index (Phi) is 9.36. The lowest BCUT2D eigenvalue weighted by Crippen LogP contribution is -2.43. The Balaban J connectivity index is 1.46. The third kappa shape index (κ3) is 7.60. The highest BCUT2D eigenvalue weighted by Crippen LogP contribution is 2.24. The summed E-state index contributed by atoms with van der Waals surface area (Å²) in [6.45, 7) is 2.93. The largest absolute Gasteiger partial charge is 0.465 e. The van der Waals surface area contributed by atoms with Gasteiger partial charge in [-0.15, -0.1) is 0 Å². The van der Waals surface area contributed by atoms with Gasteiger partial charge in [0.05, 0.1) is 35.5 Å². The predicted molar refractivity (Wildman–Crippen MR) is 138 cm³/mol. The van der Waals surface area contributed by atoms with Crippen molar-refractivity contribution in [2.24, 2.45) is 0 Å². The first-order valence-corrected chi connectivity index (χ1v) is 13.5. The first-order valence-electron chi connectivity index (χ1n) is 12.0. The number of carbonyl (C=O) groups is 5. The molecule has 0 aromatic heterocycles. The molecule has 0 unspecified atom stereocenters. The maximum Gasteiger partial charge on any atom is 0.338 e. The normalized spacial score (nSPS) is 13.3. The maximum absolute atomic E-state index is 12.9. The summed E-state index contributed by atoms with van der Waals surface area (Å²) in [5.74, 6) is -3.13. The van der Waals surface area contributed by atoms with Crippen LogP contribution in [0.25, 0.3) is 0 Å². The third-order valence-electron chi connectivity index (χ3n) is 5.90. The number of imide groups is 1. The number of nitrogens with one attached hydrogen (secondary N) is 1. The Morgan fingerprint density at radius 3 is 2.21 bits per heavy atom. The van der Waals surface area contributed by atoms with Gasteiger partial charge in [0, 0.05) is 25.1 Å². The highest BCUT2D eigenvalue weighted by molar-refractivity contribution is 7.90. The summed E-state index contributed by atoms with van der Waals surface area (Å²) in [5.41, 5.74) is -0.540. The predicted octanol–water partition coefficient (Wildman–Crippen LogP) is 1.87. The highest BCUT2D eigenvalue weighted by Gasteiger charge is 2.33. The lowest BCUT2D eigenvalue weighted by atomic mass is 9.84. The van der Waals surface area contributed by atoms with E-state index in [1.165, 1.54) is 18.2 Å². The molecule has 3 rings (SSSR count). The monoisotopic (exact) mass is 556 g/mol. The molecule has 0 atom stereocenters. The van der Waals surface area contributed by atoms with Gasteiger partial charge in [0.25, 0.3) is 21.8 Å². The van der Waals surface area contributed by atoms with Crippen LogP contribution < -0.4 is 4.72 Å². The van der Waals surface area contributed by atoms with Gasteiger partial charge in [0.1, 0.15) is 0 Å². The van der Waals surface area contributed by atoms with Crippen LogP contribution in [0.2, 0.25) is 0 Å². The Labute approximate surface area is 225 Å². The number of rotatable bonds is 12. The number of hydrogen-bond acceptors (Lipinski definition) is 9. The lowest BCUT2D eigenvalue weighted by Gasteiger charge is -2.24. The number of amides is 3. The summed E-state index contributed by atoms with van der Waals surface area (Å²) in [4.78, 5) is 60.6. The molecule has 1 heterocycles. The number of ether oxygens (including phenoxy) is 2.